The summed E-state index contributed by atoms with van der Waals surface area (Å²) in [6, 6.07) is 13.4. The van der Waals surface area contributed by atoms with Crippen LogP contribution in [0.15, 0.2) is 59.2 Å². The van der Waals surface area contributed by atoms with Crippen LogP contribution >= 0.6 is 0 Å². The Morgan fingerprint density at radius 3 is 2.36 bits per heavy atom. The molecule has 0 spiro atoms. The standard InChI is InChI=1S/C21H20N2O5/c1-13-6-8-15(22-21(25)18-5-4-10-28-18)12-16(13)23-20(24)14-7-9-17(26-2)19(11-14)27-3/h4-12H,1-3H3,(H,22,25)(H,23,24). The van der Waals surface area contributed by atoms with Crippen LogP contribution in [0.1, 0.15) is 26.5 Å². The van der Waals surface area contributed by atoms with Gasteiger partial charge in [-0.2, -0.15) is 0 Å². The lowest BCUT2D eigenvalue weighted by Crippen LogP contribution is -2.14. The van der Waals surface area contributed by atoms with Crippen molar-refractivity contribution in [2.45, 2.75) is 6.92 Å². The molecule has 1 aromatic heterocycles. The van der Waals surface area contributed by atoms with Gasteiger partial charge in [0, 0.05) is 16.9 Å². The zero-order valence-electron chi connectivity index (χ0n) is 15.7. The topological polar surface area (TPSA) is 89.8 Å². The highest BCUT2D eigenvalue weighted by atomic mass is 16.5. The van der Waals surface area contributed by atoms with Crippen LogP contribution < -0.4 is 20.1 Å². The van der Waals surface area contributed by atoms with Crippen LogP contribution in [-0.4, -0.2) is 26.0 Å². The summed E-state index contributed by atoms with van der Waals surface area (Å²) in [5.41, 5.74) is 2.39. The third-order valence-corrected chi connectivity index (χ3v) is 4.13. The minimum absolute atomic E-state index is 0.205. The van der Waals surface area contributed by atoms with E-state index in [0.717, 1.165) is 5.56 Å². The second kappa shape index (κ2) is 8.30. The third-order valence-electron chi connectivity index (χ3n) is 4.13. The molecule has 0 aliphatic heterocycles. The first-order valence-corrected chi connectivity index (χ1v) is 8.50. The van der Waals surface area contributed by atoms with Crippen molar-refractivity contribution in [2.75, 3.05) is 24.9 Å². The molecule has 2 aromatic carbocycles. The fourth-order valence-corrected chi connectivity index (χ4v) is 2.61. The van der Waals surface area contributed by atoms with Crippen LogP contribution in [0.4, 0.5) is 11.4 Å². The van der Waals surface area contributed by atoms with Gasteiger partial charge in [0.2, 0.25) is 0 Å². The SMILES string of the molecule is COc1ccc(C(=O)Nc2cc(NC(=O)c3ccco3)ccc2C)cc1OC. The van der Waals surface area contributed by atoms with Gasteiger partial charge in [0.05, 0.1) is 20.5 Å². The maximum absolute atomic E-state index is 12.6. The summed E-state index contributed by atoms with van der Waals surface area (Å²) in [4.78, 5) is 24.8. The Bertz CT molecular complexity index is 996. The normalized spacial score (nSPS) is 10.2. The minimum atomic E-state index is -0.369. The van der Waals surface area contributed by atoms with E-state index in [1.807, 2.05) is 13.0 Å². The Morgan fingerprint density at radius 1 is 0.893 bits per heavy atom. The molecule has 0 unspecified atom stereocenters. The van der Waals surface area contributed by atoms with Gasteiger partial charge >= 0.3 is 0 Å². The van der Waals surface area contributed by atoms with Crippen LogP contribution in [-0.2, 0) is 0 Å². The summed E-state index contributed by atoms with van der Waals surface area (Å²) in [7, 11) is 3.04. The van der Waals surface area contributed by atoms with Crippen molar-refractivity contribution >= 4 is 23.2 Å². The number of carbonyl (C=O) groups excluding carboxylic acids is 2. The number of furan rings is 1. The zero-order valence-corrected chi connectivity index (χ0v) is 15.7. The van der Waals surface area contributed by atoms with Crippen LogP contribution in [0.2, 0.25) is 0 Å². The lowest BCUT2D eigenvalue weighted by atomic mass is 10.1. The highest BCUT2D eigenvalue weighted by molar-refractivity contribution is 6.06. The lowest BCUT2D eigenvalue weighted by Gasteiger charge is -2.13. The maximum atomic E-state index is 12.6. The van der Waals surface area contributed by atoms with Gasteiger partial charge in [0.15, 0.2) is 17.3 Å². The summed E-state index contributed by atoms with van der Waals surface area (Å²) >= 11 is 0. The van der Waals surface area contributed by atoms with Crippen molar-refractivity contribution in [1.82, 2.24) is 0 Å². The highest BCUT2D eigenvalue weighted by Gasteiger charge is 2.14. The molecule has 0 atom stereocenters. The summed E-state index contributed by atoms with van der Waals surface area (Å²) in [5, 5.41) is 5.59. The average molecular weight is 380 g/mol. The molecule has 3 rings (SSSR count). The first-order chi connectivity index (χ1) is 13.5. The van der Waals surface area contributed by atoms with Gasteiger partial charge < -0.3 is 24.5 Å². The second-order valence-electron chi connectivity index (χ2n) is 5.99. The van der Waals surface area contributed by atoms with Gasteiger partial charge in [0.25, 0.3) is 11.8 Å². The second-order valence-corrected chi connectivity index (χ2v) is 5.99. The molecule has 0 saturated carbocycles. The smallest absolute Gasteiger partial charge is 0.291 e. The first kappa shape index (κ1) is 19.0. The van der Waals surface area contributed by atoms with Crippen molar-refractivity contribution in [1.29, 1.82) is 0 Å². The molecular weight excluding hydrogens is 360 g/mol. The fourth-order valence-electron chi connectivity index (χ4n) is 2.61. The van der Waals surface area contributed by atoms with Crippen LogP contribution in [0.25, 0.3) is 0 Å². The molecule has 2 amide bonds. The van der Waals surface area contributed by atoms with E-state index < -0.39 is 0 Å². The number of hydrogen-bond donors (Lipinski definition) is 2. The average Bonchev–Trinajstić information content (AvgIpc) is 3.25. The van der Waals surface area contributed by atoms with E-state index in [9.17, 15) is 9.59 Å². The Hall–Kier alpha value is -3.74. The molecule has 2 N–H and O–H groups in total. The quantitative estimate of drug-likeness (QED) is 0.672. The van der Waals surface area contributed by atoms with E-state index in [1.54, 1.807) is 42.5 Å². The van der Waals surface area contributed by atoms with Crippen LogP contribution in [0.3, 0.4) is 0 Å². The monoisotopic (exact) mass is 380 g/mol. The molecule has 0 aliphatic rings. The molecule has 28 heavy (non-hydrogen) atoms. The number of nitrogens with one attached hydrogen (secondary N) is 2. The number of ether oxygens (including phenoxy) is 2. The van der Waals surface area contributed by atoms with Crippen molar-refractivity contribution < 1.29 is 23.5 Å². The number of methoxy groups -OCH3 is 2. The lowest BCUT2D eigenvalue weighted by molar-refractivity contribution is 0.0995. The summed E-state index contributed by atoms with van der Waals surface area (Å²) in [5.74, 6) is 0.533. The molecule has 0 aliphatic carbocycles. The predicted octanol–water partition coefficient (Wildman–Crippen LogP) is 4.11. The van der Waals surface area contributed by atoms with Crippen molar-refractivity contribution in [2.24, 2.45) is 0 Å². The number of benzene rings is 2. The van der Waals surface area contributed by atoms with Gasteiger partial charge in [-0.3, -0.25) is 9.59 Å². The van der Waals surface area contributed by atoms with Crippen molar-refractivity contribution in [3.63, 3.8) is 0 Å². The molecule has 3 aromatic rings. The van der Waals surface area contributed by atoms with E-state index in [4.69, 9.17) is 13.9 Å². The van der Waals surface area contributed by atoms with Crippen LogP contribution in [0, 0.1) is 6.92 Å². The molecule has 1 heterocycles. The molecule has 0 saturated heterocycles. The van der Waals surface area contributed by atoms with Crippen LogP contribution in [0.5, 0.6) is 11.5 Å². The Labute approximate surface area is 162 Å². The van der Waals surface area contributed by atoms with E-state index in [2.05, 4.69) is 10.6 Å². The van der Waals surface area contributed by atoms with Gasteiger partial charge in [-0.25, -0.2) is 0 Å². The Kier molecular flexibility index (Phi) is 5.64. The molecule has 7 heteroatoms. The van der Waals surface area contributed by atoms with E-state index in [0.29, 0.717) is 28.4 Å². The molecule has 144 valence electrons. The molecule has 0 bridgehead atoms. The Morgan fingerprint density at radius 2 is 1.68 bits per heavy atom. The summed E-state index contributed by atoms with van der Waals surface area (Å²) in [6.07, 6.45) is 1.43. The van der Waals surface area contributed by atoms with Gasteiger partial charge in [-0.15, -0.1) is 0 Å². The van der Waals surface area contributed by atoms with Crippen molar-refractivity contribution in [3.05, 3.63) is 71.7 Å². The third kappa shape index (κ3) is 4.15. The highest BCUT2D eigenvalue weighted by Crippen LogP contribution is 2.28. The number of carbonyl (C=O) groups is 2. The predicted molar refractivity (Wildman–Crippen MR) is 105 cm³/mol. The van der Waals surface area contributed by atoms with Gasteiger partial charge in [-0.1, -0.05) is 6.07 Å². The van der Waals surface area contributed by atoms with Gasteiger partial charge in [0.1, 0.15) is 0 Å². The van der Waals surface area contributed by atoms with E-state index >= 15 is 0 Å². The molecular formula is C21H20N2O5. The minimum Gasteiger partial charge on any atom is -0.493 e. The van der Waals surface area contributed by atoms with E-state index in [-0.39, 0.29) is 17.6 Å². The maximum Gasteiger partial charge on any atom is 0.291 e. The number of anilines is 2. The Balaban J connectivity index is 1.78. The summed E-state index contributed by atoms with van der Waals surface area (Å²) in [6.45, 7) is 1.86. The van der Waals surface area contributed by atoms with Gasteiger partial charge in [-0.05, 0) is 55.0 Å². The van der Waals surface area contributed by atoms with E-state index in [1.165, 1.54) is 20.5 Å². The largest absolute Gasteiger partial charge is 0.493 e. The number of amides is 2. The first-order valence-electron chi connectivity index (χ1n) is 8.50. The molecule has 0 radical (unpaired) electrons. The van der Waals surface area contributed by atoms with Crippen molar-refractivity contribution in [3.8, 4) is 11.5 Å². The summed E-state index contributed by atoms with van der Waals surface area (Å²) < 4.78 is 15.5. The zero-order chi connectivity index (χ0) is 20.1. The molecule has 7 nitrogen and oxygen atoms in total. The number of rotatable bonds is 6. The number of hydrogen-bond acceptors (Lipinski definition) is 5. The fraction of sp³-hybridized carbons (Fsp3) is 0.143. The molecule has 0 fully saturated rings. The number of aryl methyl sites for hydroxylation is 1.